The molecule has 27 heavy (non-hydrogen) atoms. The summed E-state index contributed by atoms with van der Waals surface area (Å²) in [5, 5.41) is 5.95. The van der Waals surface area contributed by atoms with Gasteiger partial charge in [-0.1, -0.05) is 76.6 Å². The van der Waals surface area contributed by atoms with Crippen molar-refractivity contribution in [1.82, 2.24) is 0 Å². The van der Waals surface area contributed by atoms with E-state index < -0.39 is 0 Å². The van der Waals surface area contributed by atoms with E-state index in [1.54, 1.807) is 0 Å². The normalized spacial score (nSPS) is 10.7. The Morgan fingerprint density at radius 2 is 1.48 bits per heavy atom. The predicted molar refractivity (Wildman–Crippen MR) is 116 cm³/mol. The zero-order valence-electron chi connectivity index (χ0n) is 14.9. The minimum absolute atomic E-state index is 0.560. The van der Waals surface area contributed by atoms with E-state index in [0.717, 1.165) is 21.5 Å². The lowest BCUT2D eigenvalue weighted by atomic mass is 10.0. The number of hydrogen-bond acceptors (Lipinski definition) is 2. The molecule has 0 radical (unpaired) electrons. The highest BCUT2D eigenvalue weighted by Crippen LogP contribution is 2.30. The zero-order chi connectivity index (χ0) is 18.5. The Morgan fingerprint density at radius 3 is 2.30 bits per heavy atom. The van der Waals surface area contributed by atoms with E-state index in [1.165, 1.54) is 16.3 Å². The molecular formula is C24H20BrNO. The molecule has 0 spiro atoms. The lowest BCUT2D eigenvalue weighted by Crippen LogP contribution is -2.04. The van der Waals surface area contributed by atoms with E-state index >= 15 is 0 Å². The van der Waals surface area contributed by atoms with Gasteiger partial charge < -0.3 is 10.1 Å². The molecule has 0 fully saturated rings. The van der Waals surface area contributed by atoms with Crippen LogP contribution in [0.4, 0.5) is 5.69 Å². The van der Waals surface area contributed by atoms with Crippen LogP contribution in [0, 0.1) is 0 Å². The van der Waals surface area contributed by atoms with Crippen LogP contribution in [0.15, 0.2) is 95.5 Å². The van der Waals surface area contributed by atoms with Crippen molar-refractivity contribution in [3.05, 3.63) is 107 Å². The number of rotatable bonds is 6. The van der Waals surface area contributed by atoms with Crippen LogP contribution < -0.4 is 10.1 Å². The number of hydrogen-bond donors (Lipinski definition) is 1. The van der Waals surface area contributed by atoms with Crippen molar-refractivity contribution in [2.75, 3.05) is 5.32 Å². The molecule has 0 bridgehead atoms. The van der Waals surface area contributed by atoms with E-state index in [4.69, 9.17) is 4.74 Å². The lowest BCUT2D eigenvalue weighted by molar-refractivity contribution is 0.304. The molecule has 0 aliphatic rings. The molecule has 0 aromatic heterocycles. The van der Waals surface area contributed by atoms with Crippen LogP contribution >= 0.6 is 15.9 Å². The standard InChI is InChI=1S/C24H20BrNO/c25-20-11-13-21(14-12-20)26-16-23-22-9-5-4-8-19(22)10-15-24(23)27-17-18-6-2-1-3-7-18/h1-15,26H,16-17H2. The summed E-state index contributed by atoms with van der Waals surface area (Å²) in [6, 6.07) is 31.1. The second-order valence-corrected chi connectivity index (χ2v) is 7.31. The van der Waals surface area contributed by atoms with Gasteiger partial charge in [-0.25, -0.2) is 0 Å². The third-order valence-corrected chi connectivity index (χ3v) is 5.08. The first kappa shape index (κ1) is 17.6. The van der Waals surface area contributed by atoms with Crippen molar-refractivity contribution in [3.8, 4) is 5.75 Å². The lowest BCUT2D eigenvalue weighted by Gasteiger charge is -2.16. The third kappa shape index (κ3) is 4.32. The van der Waals surface area contributed by atoms with Crippen molar-refractivity contribution in [2.45, 2.75) is 13.2 Å². The van der Waals surface area contributed by atoms with Crippen LogP contribution in [0.3, 0.4) is 0 Å². The molecule has 4 aromatic rings. The molecule has 3 heteroatoms. The molecule has 0 amide bonds. The van der Waals surface area contributed by atoms with Gasteiger partial charge in [-0.05, 0) is 46.7 Å². The summed E-state index contributed by atoms with van der Waals surface area (Å²) in [5.74, 6) is 0.919. The van der Waals surface area contributed by atoms with Gasteiger partial charge in [-0.15, -0.1) is 0 Å². The van der Waals surface area contributed by atoms with Crippen LogP contribution in [0.25, 0.3) is 10.8 Å². The summed E-state index contributed by atoms with van der Waals surface area (Å²) < 4.78 is 7.27. The molecule has 0 aliphatic heterocycles. The van der Waals surface area contributed by atoms with Crippen LogP contribution in [0.1, 0.15) is 11.1 Å². The van der Waals surface area contributed by atoms with E-state index in [-0.39, 0.29) is 0 Å². The Morgan fingerprint density at radius 1 is 0.741 bits per heavy atom. The molecule has 1 N–H and O–H groups in total. The first-order valence-electron chi connectivity index (χ1n) is 8.96. The summed E-state index contributed by atoms with van der Waals surface area (Å²) in [6.07, 6.45) is 0. The highest BCUT2D eigenvalue weighted by atomic mass is 79.9. The van der Waals surface area contributed by atoms with Gasteiger partial charge in [0.25, 0.3) is 0 Å². The van der Waals surface area contributed by atoms with Crippen molar-refractivity contribution < 1.29 is 4.74 Å². The third-order valence-electron chi connectivity index (χ3n) is 4.55. The molecule has 4 rings (SSSR count). The van der Waals surface area contributed by atoms with Crippen molar-refractivity contribution in [1.29, 1.82) is 0 Å². The first-order valence-corrected chi connectivity index (χ1v) is 9.76. The van der Waals surface area contributed by atoms with Gasteiger partial charge in [0.05, 0.1) is 0 Å². The molecule has 4 aromatic carbocycles. The fraction of sp³-hybridized carbons (Fsp3) is 0.0833. The topological polar surface area (TPSA) is 21.3 Å². The predicted octanol–water partition coefficient (Wildman–Crippen LogP) is 6.79. The van der Waals surface area contributed by atoms with Gasteiger partial charge in [0.2, 0.25) is 0 Å². The minimum atomic E-state index is 0.560. The average Bonchev–Trinajstić information content (AvgIpc) is 2.73. The van der Waals surface area contributed by atoms with Gasteiger partial charge >= 0.3 is 0 Å². The van der Waals surface area contributed by atoms with Crippen molar-refractivity contribution in [3.63, 3.8) is 0 Å². The Labute approximate surface area is 167 Å². The van der Waals surface area contributed by atoms with Gasteiger partial charge in [0.15, 0.2) is 0 Å². The molecule has 0 unspecified atom stereocenters. The molecule has 0 atom stereocenters. The van der Waals surface area contributed by atoms with E-state index in [2.05, 4.69) is 81.9 Å². The van der Waals surface area contributed by atoms with Crippen LogP contribution in [0.2, 0.25) is 0 Å². The second kappa shape index (κ2) is 8.28. The molecule has 0 saturated carbocycles. The Kier molecular flexibility index (Phi) is 5.40. The van der Waals surface area contributed by atoms with Gasteiger partial charge in [-0.2, -0.15) is 0 Å². The number of anilines is 1. The largest absolute Gasteiger partial charge is 0.489 e. The van der Waals surface area contributed by atoms with Crippen LogP contribution in [-0.4, -0.2) is 0 Å². The first-order chi connectivity index (χ1) is 13.3. The molecule has 0 heterocycles. The highest BCUT2D eigenvalue weighted by molar-refractivity contribution is 9.10. The van der Waals surface area contributed by atoms with Gasteiger partial charge in [0, 0.05) is 22.3 Å². The van der Waals surface area contributed by atoms with Crippen molar-refractivity contribution >= 4 is 32.4 Å². The Hall–Kier alpha value is -2.78. The van der Waals surface area contributed by atoms with E-state index in [1.807, 2.05) is 30.3 Å². The van der Waals surface area contributed by atoms with Crippen molar-refractivity contribution in [2.24, 2.45) is 0 Å². The fourth-order valence-corrected chi connectivity index (χ4v) is 3.39. The summed E-state index contributed by atoms with van der Waals surface area (Å²) >= 11 is 3.48. The highest BCUT2D eigenvalue weighted by Gasteiger charge is 2.09. The number of fused-ring (bicyclic) bond motifs is 1. The summed E-state index contributed by atoms with van der Waals surface area (Å²) in [7, 11) is 0. The minimum Gasteiger partial charge on any atom is -0.489 e. The Bertz CT molecular complexity index is 1030. The Balaban J connectivity index is 1.61. The number of halogens is 1. The van der Waals surface area contributed by atoms with Crippen LogP contribution in [-0.2, 0) is 13.2 Å². The molecular weight excluding hydrogens is 398 g/mol. The van der Waals surface area contributed by atoms with Gasteiger partial charge in [0.1, 0.15) is 12.4 Å². The summed E-state index contributed by atoms with van der Waals surface area (Å²) in [6.45, 7) is 1.26. The molecule has 2 nitrogen and oxygen atoms in total. The molecule has 0 aliphatic carbocycles. The van der Waals surface area contributed by atoms with Gasteiger partial charge in [-0.3, -0.25) is 0 Å². The summed E-state index contributed by atoms with van der Waals surface area (Å²) in [4.78, 5) is 0. The quantitative estimate of drug-likeness (QED) is 0.372. The van der Waals surface area contributed by atoms with E-state index in [0.29, 0.717) is 13.2 Å². The smallest absolute Gasteiger partial charge is 0.125 e. The monoisotopic (exact) mass is 417 g/mol. The summed E-state index contributed by atoms with van der Waals surface area (Å²) in [5.41, 5.74) is 3.42. The SMILES string of the molecule is Brc1ccc(NCc2c(OCc3ccccc3)ccc3ccccc23)cc1. The maximum Gasteiger partial charge on any atom is 0.125 e. The maximum atomic E-state index is 6.19. The van der Waals surface area contributed by atoms with Crippen LogP contribution in [0.5, 0.6) is 5.75 Å². The number of benzene rings is 4. The zero-order valence-corrected chi connectivity index (χ0v) is 16.4. The number of nitrogens with one attached hydrogen (secondary N) is 1. The molecule has 0 saturated heterocycles. The maximum absolute atomic E-state index is 6.19. The second-order valence-electron chi connectivity index (χ2n) is 6.40. The average molecular weight is 418 g/mol. The fourth-order valence-electron chi connectivity index (χ4n) is 3.13. The molecule has 134 valence electrons. The van der Waals surface area contributed by atoms with E-state index in [9.17, 15) is 0 Å². The number of ether oxygens (including phenoxy) is 1.